The summed E-state index contributed by atoms with van der Waals surface area (Å²) >= 11 is 0. The van der Waals surface area contributed by atoms with Crippen LogP contribution < -0.4 is 0 Å². The van der Waals surface area contributed by atoms with Gasteiger partial charge in [0, 0.05) is 17.1 Å². The van der Waals surface area contributed by atoms with Crippen LogP contribution in [0.4, 0.5) is 0 Å². The average Bonchev–Trinajstić information content (AvgIpc) is 2.44. The van der Waals surface area contributed by atoms with Gasteiger partial charge in [0.25, 0.3) is 0 Å². The number of hydrogen-bond donors (Lipinski definition) is 0. The van der Waals surface area contributed by atoms with E-state index in [0.29, 0.717) is 0 Å². The van der Waals surface area contributed by atoms with Crippen LogP contribution in [0.5, 0.6) is 0 Å². The molecule has 0 aliphatic heterocycles. The van der Waals surface area contributed by atoms with Crippen molar-refractivity contribution in [3.05, 3.63) is 64.3 Å². The summed E-state index contributed by atoms with van der Waals surface area (Å²) in [7, 11) is 0. The van der Waals surface area contributed by atoms with E-state index in [1.165, 1.54) is 44.2 Å². The SMILES string of the molecule is Cc1ccc2c(C)cnc(-c3cc(C)c(C)c(C)c3)c2c1. The van der Waals surface area contributed by atoms with Crippen molar-refractivity contribution in [1.29, 1.82) is 0 Å². The monoisotopic (exact) mass is 275 g/mol. The molecule has 1 aromatic heterocycles. The third kappa shape index (κ3) is 2.33. The zero-order valence-corrected chi connectivity index (χ0v) is 13.4. The van der Waals surface area contributed by atoms with Crippen LogP contribution in [0.15, 0.2) is 36.5 Å². The van der Waals surface area contributed by atoms with Gasteiger partial charge in [0.15, 0.2) is 0 Å². The summed E-state index contributed by atoms with van der Waals surface area (Å²) in [5.74, 6) is 0. The molecule has 0 saturated carbocycles. The molecule has 0 amide bonds. The molecule has 1 heteroatoms. The Labute approximate surface area is 126 Å². The Morgan fingerprint density at radius 1 is 0.714 bits per heavy atom. The molecule has 0 fully saturated rings. The standard InChI is InChI=1S/C20H21N/c1-12-6-7-18-15(4)11-21-20(19(18)8-12)17-9-13(2)16(5)14(3)10-17/h6-11H,1-5H3. The van der Waals surface area contributed by atoms with Gasteiger partial charge in [-0.05, 0) is 80.5 Å². The highest BCUT2D eigenvalue weighted by Gasteiger charge is 2.10. The molecule has 0 saturated heterocycles. The first-order chi connectivity index (χ1) is 9.97. The molecule has 1 nitrogen and oxygen atoms in total. The highest BCUT2D eigenvalue weighted by Crippen LogP contribution is 2.31. The minimum Gasteiger partial charge on any atom is -0.255 e. The van der Waals surface area contributed by atoms with Gasteiger partial charge >= 0.3 is 0 Å². The molecule has 0 bridgehead atoms. The van der Waals surface area contributed by atoms with Gasteiger partial charge in [-0.15, -0.1) is 0 Å². The van der Waals surface area contributed by atoms with Crippen molar-refractivity contribution in [2.24, 2.45) is 0 Å². The highest BCUT2D eigenvalue weighted by molar-refractivity contribution is 5.96. The molecule has 106 valence electrons. The molecule has 3 rings (SSSR count). The molecule has 0 spiro atoms. The van der Waals surface area contributed by atoms with Crippen molar-refractivity contribution in [1.82, 2.24) is 4.98 Å². The molecule has 0 N–H and O–H groups in total. The normalized spacial score (nSPS) is 11.1. The topological polar surface area (TPSA) is 12.9 Å². The Kier molecular flexibility index (Phi) is 3.29. The van der Waals surface area contributed by atoms with Gasteiger partial charge in [0.2, 0.25) is 0 Å². The fourth-order valence-corrected chi connectivity index (χ4v) is 2.90. The third-order valence-electron chi connectivity index (χ3n) is 4.44. The van der Waals surface area contributed by atoms with Crippen molar-refractivity contribution in [3.8, 4) is 11.3 Å². The van der Waals surface area contributed by atoms with E-state index in [0.717, 1.165) is 5.69 Å². The molecule has 3 aromatic rings. The number of fused-ring (bicyclic) bond motifs is 1. The van der Waals surface area contributed by atoms with E-state index in [4.69, 9.17) is 4.98 Å². The Hall–Kier alpha value is -2.15. The van der Waals surface area contributed by atoms with Crippen LogP contribution in [0.25, 0.3) is 22.0 Å². The van der Waals surface area contributed by atoms with Gasteiger partial charge in [-0.1, -0.05) is 17.7 Å². The van der Waals surface area contributed by atoms with E-state index in [1.54, 1.807) is 0 Å². The first kappa shape index (κ1) is 13.8. The summed E-state index contributed by atoms with van der Waals surface area (Å²) in [5, 5.41) is 2.54. The molecule has 0 atom stereocenters. The van der Waals surface area contributed by atoms with Crippen molar-refractivity contribution >= 4 is 10.8 Å². The molecule has 2 aromatic carbocycles. The number of pyridine rings is 1. The van der Waals surface area contributed by atoms with E-state index in [2.05, 4.69) is 65.0 Å². The zero-order chi connectivity index (χ0) is 15.1. The molecule has 0 radical (unpaired) electrons. The van der Waals surface area contributed by atoms with Crippen molar-refractivity contribution < 1.29 is 0 Å². The number of aromatic nitrogens is 1. The third-order valence-corrected chi connectivity index (χ3v) is 4.44. The number of rotatable bonds is 1. The van der Waals surface area contributed by atoms with E-state index in [-0.39, 0.29) is 0 Å². The Bertz CT molecular complexity index is 821. The lowest BCUT2D eigenvalue weighted by Crippen LogP contribution is -1.93. The van der Waals surface area contributed by atoms with Gasteiger partial charge in [0.1, 0.15) is 0 Å². The van der Waals surface area contributed by atoms with Crippen LogP contribution in [0.1, 0.15) is 27.8 Å². The van der Waals surface area contributed by atoms with Crippen LogP contribution in [-0.2, 0) is 0 Å². The molecule has 0 unspecified atom stereocenters. The summed E-state index contributed by atoms with van der Waals surface area (Å²) in [6.07, 6.45) is 1.98. The largest absolute Gasteiger partial charge is 0.255 e. The van der Waals surface area contributed by atoms with Gasteiger partial charge in [0.05, 0.1) is 5.69 Å². The smallest absolute Gasteiger partial charge is 0.0780 e. The van der Waals surface area contributed by atoms with E-state index < -0.39 is 0 Å². The number of benzene rings is 2. The maximum atomic E-state index is 4.73. The van der Waals surface area contributed by atoms with Crippen molar-refractivity contribution in [2.45, 2.75) is 34.6 Å². The fraction of sp³-hybridized carbons (Fsp3) is 0.250. The van der Waals surface area contributed by atoms with Crippen molar-refractivity contribution in [3.63, 3.8) is 0 Å². The van der Waals surface area contributed by atoms with E-state index in [1.807, 2.05) is 6.20 Å². The molecule has 0 aliphatic rings. The number of hydrogen-bond acceptors (Lipinski definition) is 1. The van der Waals surface area contributed by atoms with Crippen LogP contribution >= 0.6 is 0 Å². The lowest BCUT2D eigenvalue weighted by atomic mass is 9.95. The molecule has 21 heavy (non-hydrogen) atoms. The molecule has 0 aliphatic carbocycles. The predicted octanol–water partition coefficient (Wildman–Crippen LogP) is 5.44. The summed E-state index contributed by atoms with van der Waals surface area (Å²) < 4.78 is 0. The minimum absolute atomic E-state index is 1.09. The van der Waals surface area contributed by atoms with E-state index >= 15 is 0 Å². The van der Waals surface area contributed by atoms with Crippen LogP contribution in [0.2, 0.25) is 0 Å². The average molecular weight is 275 g/mol. The Morgan fingerprint density at radius 2 is 1.38 bits per heavy atom. The van der Waals surface area contributed by atoms with Crippen molar-refractivity contribution in [2.75, 3.05) is 0 Å². The minimum atomic E-state index is 1.09. The highest BCUT2D eigenvalue weighted by atomic mass is 14.7. The second-order valence-corrected chi connectivity index (χ2v) is 6.07. The second-order valence-electron chi connectivity index (χ2n) is 6.07. The van der Waals surface area contributed by atoms with Crippen LogP contribution in [0, 0.1) is 34.6 Å². The number of aryl methyl sites for hydroxylation is 4. The molecule has 1 heterocycles. The van der Waals surface area contributed by atoms with Gasteiger partial charge in [-0.3, -0.25) is 4.98 Å². The van der Waals surface area contributed by atoms with Crippen LogP contribution in [-0.4, -0.2) is 4.98 Å². The number of nitrogens with zero attached hydrogens (tertiary/aromatic N) is 1. The maximum Gasteiger partial charge on any atom is 0.0780 e. The Balaban J connectivity index is 2.35. The van der Waals surface area contributed by atoms with Crippen LogP contribution in [0.3, 0.4) is 0 Å². The lowest BCUT2D eigenvalue weighted by molar-refractivity contribution is 1.25. The zero-order valence-electron chi connectivity index (χ0n) is 13.4. The summed E-state index contributed by atoms with van der Waals surface area (Å²) in [4.78, 5) is 4.73. The van der Waals surface area contributed by atoms with Gasteiger partial charge in [-0.2, -0.15) is 0 Å². The molecular formula is C20H21N. The molecular weight excluding hydrogens is 254 g/mol. The second kappa shape index (κ2) is 5.00. The summed E-state index contributed by atoms with van der Waals surface area (Å²) in [6.45, 7) is 10.8. The lowest BCUT2D eigenvalue weighted by Gasteiger charge is -2.12. The summed E-state index contributed by atoms with van der Waals surface area (Å²) in [6, 6.07) is 11.1. The predicted molar refractivity (Wildman–Crippen MR) is 90.9 cm³/mol. The Morgan fingerprint density at radius 3 is 2.05 bits per heavy atom. The maximum absolute atomic E-state index is 4.73. The first-order valence-electron chi connectivity index (χ1n) is 7.41. The summed E-state index contributed by atoms with van der Waals surface area (Å²) in [5.41, 5.74) is 8.83. The van der Waals surface area contributed by atoms with E-state index in [9.17, 15) is 0 Å². The fourth-order valence-electron chi connectivity index (χ4n) is 2.90. The van der Waals surface area contributed by atoms with Gasteiger partial charge < -0.3 is 0 Å². The quantitative estimate of drug-likeness (QED) is 0.576. The first-order valence-corrected chi connectivity index (χ1v) is 7.41. The van der Waals surface area contributed by atoms with Gasteiger partial charge in [-0.25, -0.2) is 0 Å².